The van der Waals surface area contributed by atoms with E-state index in [1.54, 1.807) is 6.92 Å². The predicted molar refractivity (Wildman–Crippen MR) is 141 cm³/mol. The first-order valence-corrected chi connectivity index (χ1v) is 13.5. The number of hydrogen-bond acceptors (Lipinski definition) is 3. The molecule has 0 atom stereocenters. The molecule has 0 aliphatic heterocycles. The Kier molecular flexibility index (Phi) is 15.3. The number of carbonyl (C=O) groups is 1. The molecule has 0 aromatic carbocycles. The van der Waals surface area contributed by atoms with E-state index in [2.05, 4.69) is 45.9 Å². The Bertz CT molecular complexity index is 835. The van der Waals surface area contributed by atoms with Gasteiger partial charge in [0, 0.05) is 35.0 Å². The normalized spacial score (nSPS) is 11.1. The first kappa shape index (κ1) is 30.5. The Balaban J connectivity index is 0.00000578. The van der Waals surface area contributed by atoms with Crippen LogP contribution in [-0.4, -0.2) is 15.8 Å². The van der Waals surface area contributed by atoms with Crippen LogP contribution in [0.4, 0.5) is 0 Å². The molecule has 34 heavy (non-hydrogen) atoms. The van der Waals surface area contributed by atoms with Gasteiger partial charge in [-0.15, -0.1) is 0 Å². The van der Waals surface area contributed by atoms with Crippen molar-refractivity contribution in [3.8, 4) is 11.4 Å². The van der Waals surface area contributed by atoms with Crippen molar-refractivity contribution in [1.29, 1.82) is 0 Å². The van der Waals surface area contributed by atoms with Crippen LogP contribution in [0.3, 0.4) is 0 Å². The molecule has 0 saturated heterocycles. The van der Waals surface area contributed by atoms with Crippen LogP contribution in [-0.2, 0) is 17.1 Å². The molecule has 0 saturated carbocycles. The summed E-state index contributed by atoms with van der Waals surface area (Å²) < 4.78 is 0. The number of pyridine rings is 2. The van der Waals surface area contributed by atoms with Gasteiger partial charge in [-0.1, -0.05) is 79.1 Å². The third kappa shape index (κ3) is 8.93. The second-order valence-electron chi connectivity index (χ2n) is 9.62. The van der Waals surface area contributed by atoms with Crippen LogP contribution in [0, 0.1) is 0 Å². The zero-order valence-electron chi connectivity index (χ0n) is 22.1. The summed E-state index contributed by atoms with van der Waals surface area (Å²) in [6.45, 7) is 10.7. The van der Waals surface area contributed by atoms with Crippen molar-refractivity contribution in [2.75, 3.05) is 0 Å². The molecule has 0 N–H and O–H groups in total. The minimum atomic E-state index is 0. The van der Waals surface area contributed by atoms with Crippen LogP contribution in [0.1, 0.15) is 145 Å². The van der Waals surface area contributed by atoms with E-state index in [-0.39, 0.29) is 22.9 Å². The van der Waals surface area contributed by atoms with Gasteiger partial charge in [-0.25, -0.2) is 0 Å². The Morgan fingerprint density at radius 1 is 0.765 bits per heavy atom. The molecule has 0 amide bonds. The van der Waals surface area contributed by atoms with Gasteiger partial charge in [0.05, 0.1) is 11.4 Å². The molecular formula is C30H46CuN2O. The van der Waals surface area contributed by atoms with E-state index in [1.165, 1.54) is 75.3 Å². The van der Waals surface area contributed by atoms with E-state index in [4.69, 9.17) is 9.97 Å². The summed E-state index contributed by atoms with van der Waals surface area (Å²) in [7, 11) is 0. The van der Waals surface area contributed by atoms with Crippen molar-refractivity contribution >= 4 is 5.78 Å². The molecule has 0 fully saturated rings. The molecule has 2 aromatic heterocycles. The standard InChI is InChI=1S/C30H46N2O.Cu/c1-6-10-14-24(15-11-7-2)26-18-20-31-28(22-26)30-29(23(5)33)27(19-21-32-30)25(16-12-8-3)17-13-9-4;/h18-22,24-25H,6-17H2,1-5H3;. The zero-order chi connectivity index (χ0) is 24.1. The number of Topliss-reactive ketones (excluding diaryl/α,β-unsaturated/α-hetero) is 1. The average molecular weight is 514 g/mol. The smallest absolute Gasteiger partial charge is 0.162 e. The van der Waals surface area contributed by atoms with Gasteiger partial charge in [0.1, 0.15) is 0 Å². The Morgan fingerprint density at radius 3 is 1.76 bits per heavy atom. The van der Waals surface area contributed by atoms with Crippen molar-refractivity contribution in [1.82, 2.24) is 9.97 Å². The second kappa shape index (κ2) is 17.0. The maximum atomic E-state index is 12.9. The van der Waals surface area contributed by atoms with E-state index < -0.39 is 0 Å². The first-order chi connectivity index (χ1) is 16.1. The first-order valence-electron chi connectivity index (χ1n) is 13.5. The van der Waals surface area contributed by atoms with Crippen LogP contribution in [0.15, 0.2) is 30.6 Å². The van der Waals surface area contributed by atoms with E-state index in [9.17, 15) is 4.79 Å². The van der Waals surface area contributed by atoms with Crippen LogP contribution in [0.5, 0.6) is 0 Å². The number of nitrogens with zero attached hydrogens (tertiary/aromatic N) is 2. The van der Waals surface area contributed by atoms with Crippen LogP contribution >= 0.6 is 0 Å². The van der Waals surface area contributed by atoms with Gasteiger partial charge in [-0.2, -0.15) is 0 Å². The van der Waals surface area contributed by atoms with Crippen molar-refractivity contribution in [2.24, 2.45) is 0 Å². The number of unbranched alkanes of at least 4 members (excludes halogenated alkanes) is 4. The third-order valence-electron chi connectivity index (χ3n) is 6.90. The molecule has 2 rings (SSSR count). The molecule has 0 unspecified atom stereocenters. The molecule has 0 aliphatic rings. The van der Waals surface area contributed by atoms with Crippen LogP contribution in [0.25, 0.3) is 11.4 Å². The number of ketones is 1. The SMILES string of the molecule is CCCCC(CCCC)c1ccnc(-c2nccc(C(CCCC)CCCC)c2C(C)=O)c1.[Cu]. The quantitative estimate of drug-likeness (QED) is 0.166. The van der Waals surface area contributed by atoms with Gasteiger partial charge < -0.3 is 0 Å². The summed E-state index contributed by atoms with van der Waals surface area (Å²) in [4.78, 5) is 22.4. The summed E-state index contributed by atoms with van der Waals surface area (Å²) in [5.74, 6) is 1.07. The number of hydrogen-bond donors (Lipinski definition) is 0. The number of carbonyl (C=O) groups excluding carboxylic acids is 1. The second-order valence-corrected chi connectivity index (χ2v) is 9.62. The Labute approximate surface area is 219 Å². The zero-order valence-corrected chi connectivity index (χ0v) is 23.1. The van der Waals surface area contributed by atoms with E-state index in [0.29, 0.717) is 11.8 Å². The van der Waals surface area contributed by atoms with Crippen molar-refractivity contribution < 1.29 is 21.9 Å². The minimum Gasteiger partial charge on any atom is -0.294 e. The molecule has 3 nitrogen and oxygen atoms in total. The largest absolute Gasteiger partial charge is 0.294 e. The maximum absolute atomic E-state index is 12.9. The van der Waals surface area contributed by atoms with Gasteiger partial charge in [0.25, 0.3) is 0 Å². The molecule has 0 aliphatic carbocycles. The van der Waals surface area contributed by atoms with E-state index >= 15 is 0 Å². The molecule has 193 valence electrons. The summed E-state index contributed by atoms with van der Waals surface area (Å²) in [6, 6.07) is 6.47. The molecular weight excluding hydrogens is 468 g/mol. The van der Waals surface area contributed by atoms with Gasteiger partial charge in [-0.05, 0) is 73.8 Å². The topological polar surface area (TPSA) is 42.9 Å². The molecule has 2 aromatic rings. The number of rotatable bonds is 16. The minimum absolute atomic E-state index is 0. The molecule has 2 heterocycles. The maximum Gasteiger partial charge on any atom is 0.162 e. The Morgan fingerprint density at radius 2 is 1.26 bits per heavy atom. The fraction of sp³-hybridized carbons (Fsp3) is 0.633. The summed E-state index contributed by atoms with van der Waals surface area (Å²) in [5.41, 5.74) is 4.93. The predicted octanol–water partition coefficient (Wildman–Crippen LogP) is 9.27. The molecule has 0 spiro atoms. The van der Waals surface area contributed by atoms with Crippen molar-refractivity contribution in [2.45, 2.75) is 124 Å². The van der Waals surface area contributed by atoms with Crippen molar-refractivity contribution in [3.05, 3.63) is 47.3 Å². The van der Waals surface area contributed by atoms with Crippen LogP contribution in [0.2, 0.25) is 0 Å². The molecule has 4 heteroatoms. The van der Waals surface area contributed by atoms with E-state index in [1.807, 2.05) is 12.4 Å². The van der Waals surface area contributed by atoms with Gasteiger partial charge in [0.15, 0.2) is 5.78 Å². The summed E-state index contributed by atoms with van der Waals surface area (Å²) in [5, 5.41) is 0. The molecule has 0 bridgehead atoms. The third-order valence-corrected chi connectivity index (χ3v) is 6.90. The van der Waals surface area contributed by atoms with Crippen LogP contribution < -0.4 is 0 Å². The van der Waals surface area contributed by atoms with Gasteiger partial charge in [0.2, 0.25) is 0 Å². The average Bonchev–Trinajstić information content (AvgIpc) is 2.84. The number of aromatic nitrogens is 2. The van der Waals surface area contributed by atoms with E-state index in [0.717, 1.165) is 29.8 Å². The molecule has 1 radical (unpaired) electrons. The van der Waals surface area contributed by atoms with Crippen molar-refractivity contribution in [3.63, 3.8) is 0 Å². The Hall–Kier alpha value is -1.51. The fourth-order valence-corrected chi connectivity index (χ4v) is 4.95. The monoisotopic (exact) mass is 513 g/mol. The fourth-order valence-electron chi connectivity index (χ4n) is 4.95. The van der Waals surface area contributed by atoms with Gasteiger partial charge in [-0.3, -0.25) is 14.8 Å². The summed E-state index contributed by atoms with van der Waals surface area (Å²) >= 11 is 0. The van der Waals surface area contributed by atoms with Gasteiger partial charge >= 0.3 is 0 Å². The summed E-state index contributed by atoms with van der Waals surface area (Å²) in [6.07, 6.45) is 18.1.